The Hall–Kier alpha value is 1.12. The number of hydrogen-bond donors (Lipinski definition) is 1. The van der Waals surface area contributed by atoms with E-state index in [0.717, 1.165) is 0 Å². The Bertz CT molecular complexity index is 6.00. The van der Waals surface area contributed by atoms with Crippen LogP contribution in [-0.4, -0.2) is 28.0 Å². The van der Waals surface area contributed by atoms with Crippen LogP contribution in [0.5, 0.6) is 0 Å². The SMILES string of the molecule is CS.[CH3][Mg+2]. The molecule has 0 N–H and O–H groups in total. The first kappa shape index (κ1) is 8.93. The highest BCUT2D eigenvalue weighted by atomic mass is 32.1. The van der Waals surface area contributed by atoms with Gasteiger partial charge in [0.05, 0.1) is 0 Å². The van der Waals surface area contributed by atoms with E-state index in [9.17, 15) is 0 Å². The summed E-state index contributed by atoms with van der Waals surface area (Å²) >= 11 is 5.39. The summed E-state index contributed by atoms with van der Waals surface area (Å²) in [4.78, 5) is 0. The lowest BCUT2D eigenvalue weighted by atomic mass is 11.9. The first-order chi connectivity index (χ1) is 2.00. The molecule has 0 fully saturated rings. The van der Waals surface area contributed by atoms with E-state index in [4.69, 9.17) is 0 Å². The van der Waals surface area contributed by atoms with Crippen LogP contribution in [0.2, 0.25) is 5.05 Å². The summed E-state index contributed by atoms with van der Waals surface area (Å²) in [7, 11) is 0. The van der Waals surface area contributed by atoms with Crippen molar-refractivity contribution in [2.45, 2.75) is 5.05 Å². The van der Waals surface area contributed by atoms with E-state index in [2.05, 4.69) is 12.6 Å². The Morgan fingerprint density at radius 2 is 1.25 bits per heavy atom. The van der Waals surface area contributed by atoms with E-state index >= 15 is 0 Å². The van der Waals surface area contributed by atoms with Crippen LogP contribution >= 0.6 is 12.6 Å². The average molecular weight is 87.5 g/mol. The molecule has 0 aromatic rings. The Balaban J connectivity index is 0. The lowest BCUT2D eigenvalue weighted by Gasteiger charge is -1.11. The summed E-state index contributed by atoms with van der Waals surface area (Å²) in [5.41, 5.74) is 0. The zero-order valence-electron chi connectivity index (χ0n) is 3.15. The minimum absolute atomic E-state index is 1.69. The molecule has 0 aromatic carbocycles. The van der Waals surface area contributed by atoms with Gasteiger partial charge < -0.3 is 0 Å². The van der Waals surface area contributed by atoms with Gasteiger partial charge >= 0.3 is 21.7 Å². The van der Waals surface area contributed by atoms with Crippen molar-refractivity contribution in [2.24, 2.45) is 0 Å². The van der Waals surface area contributed by atoms with Gasteiger partial charge in [0, 0.05) is 0 Å². The molecule has 0 aromatic heterocycles. The lowest BCUT2D eigenvalue weighted by molar-refractivity contribution is 2.40. The number of thiol groups is 1. The van der Waals surface area contributed by atoms with Gasteiger partial charge in [-0.15, -0.1) is 0 Å². The van der Waals surface area contributed by atoms with Crippen LogP contribution in [-0.2, 0) is 0 Å². The molecule has 0 heterocycles. The Morgan fingerprint density at radius 3 is 1.25 bits per heavy atom. The molecule has 0 atom stereocenters. The van der Waals surface area contributed by atoms with Gasteiger partial charge in [-0.2, -0.15) is 12.6 Å². The highest BCUT2D eigenvalue weighted by Crippen LogP contribution is 1.31. The fourth-order valence-corrected chi connectivity index (χ4v) is 0. The monoisotopic (exact) mass is 87.0 g/mol. The molecular formula is C2H7MgS+2. The topological polar surface area (TPSA) is 0 Å². The van der Waals surface area contributed by atoms with Crippen LogP contribution < -0.4 is 0 Å². The zero-order chi connectivity index (χ0) is 4.00. The molecule has 0 rings (SSSR count). The molecule has 0 saturated heterocycles. The summed E-state index contributed by atoms with van der Waals surface area (Å²) in [5, 5.41) is 2.03. The Kier molecular flexibility index (Phi) is 71.6. The Morgan fingerprint density at radius 1 is 1.25 bits per heavy atom. The van der Waals surface area contributed by atoms with Crippen molar-refractivity contribution in [3.8, 4) is 0 Å². The van der Waals surface area contributed by atoms with Crippen LogP contribution in [0.1, 0.15) is 0 Å². The maximum atomic E-state index is 3.53. The molecule has 7 radical (unpaired) electrons. The molecule has 21 valence electrons. The number of rotatable bonds is 0. The molecule has 0 aliphatic heterocycles. The maximum absolute atomic E-state index is 3.53. The van der Waals surface area contributed by atoms with Crippen molar-refractivity contribution < 1.29 is 0 Å². The Labute approximate surface area is 45.8 Å². The quantitative estimate of drug-likeness (QED) is 0.327. The molecular weight excluding hydrogens is 80.4 g/mol. The minimum atomic E-state index is 1.69. The van der Waals surface area contributed by atoms with Crippen molar-refractivity contribution in [3.05, 3.63) is 0 Å². The summed E-state index contributed by atoms with van der Waals surface area (Å²) in [5.74, 6) is 0. The van der Waals surface area contributed by atoms with Crippen molar-refractivity contribution in [2.75, 3.05) is 6.26 Å². The third-order valence-electron chi connectivity index (χ3n) is 0. The van der Waals surface area contributed by atoms with Crippen LogP contribution in [0.4, 0.5) is 0 Å². The van der Waals surface area contributed by atoms with Crippen molar-refractivity contribution >= 4 is 34.3 Å². The van der Waals surface area contributed by atoms with Gasteiger partial charge in [-0.1, -0.05) is 0 Å². The smallest absolute Gasteiger partial charge is 0.183 e. The molecule has 0 bridgehead atoms. The second-order valence-electron chi connectivity index (χ2n) is 0. The van der Waals surface area contributed by atoms with Gasteiger partial charge in [-0.05, 0) is 6.26 Å². The van der Waals surface area contributed by atoms with E-state index in [-0.39, 0.29) is 0 Å². The summed E-state index contributed by atoms with van der Waals surface area (Å²) in [6, 6.07) is 0. The largest absolute Gasteiger partial charge is 1.41 e. The van der Waals surface area contributed by atoms with Gasteiger partial charge in [0.2, 0.25) is 0 Å². The summed E-state index contributed by atoms with van der Waals surface area (Å²) in [6.07, 6.45) is 1.69. The molecule has 0 nitrogen and oxygen atoms in total. The molecule has 0 spiro atoms. The zero-order valence-corrected chi connectivity index (χ0v) is 5.46. The normalized spacial score (nSPS) is 3.00. The van der Waals surface area contributed by atoms with Gasteiger partial charge in [-0.3, -0.25) is 0 Å². The second-order valence-corrected chi connectivity index (χ2v) is 0. The van der Waals surface area contributed by atoms with Gasteiger partial charge in [0.15, 0.2) is 0 Å². The standard InChI is InChI=1S/CH4S.CH3.Mg/c1-2;;/h2H,1H3;1H3;/q;;+2. The van der Waals surface area contributed by atoms with Gasteiger partial charge in [0.25, 0.3) is 5.05 Å². The lowest BCUT2D eigenvalue weighted by Crippen LogP contribution is -1.13. The highest BCUT2D eigenvalue weighted by Gasteiger charge is 1.99. The third-order valence-corrected chi connectivity index (χ3v) is 0. The van der Waals surface area contributed by atoms with Crippen molar-refractivity contribution in [1.82, 2.24) is 0 Å². The van der Waals surface area contributed by atoms with E-state index in [1.165, 1.54) is 0 Å². The average Bonchev–Trinajstić information content (AvgIpc) is 1.50. The third kappa shape index (κ3) is 11.2. The predicted octanol–water partition coefficient (Wildman–Crippen LogP) is 0.749. The summed E-state index contributed by atoms with van der Waals surface area (Å²) < 4.78 is 0. The molecule has 0 amide bonds. The molecule has 2 heteroatoms. The second kappa shape index (κ2) is 32.1. The molecule has 4 heavy (non-hydrogen) atoms. The van der Waals surface area contributed by atoms with Crippen molar-refractivity contribution in [3.63, 3.8) is 0 Å². The van der Waals surface area contributed by atoms with Crippen LogP contribution in [0.15, 0.2) is 0 Å². The van der Waals surface area contributed by atoms with E-state index < -0.39 is 0 Å². The maximum Gasteiger partial charge on any atom is 1.41 e. The van der Waals surface area contributed by atoms with E-state index in [1.807, 2.05) is 26.8 Å². The molecule has 0 saturated carbocycles. The van der Waals surface area contributed by atoms with Gasteiger partial charge in [0.1, 0.15) is 0 Å². The van der Waals surface area contributed by atoms with E-state index in [0.29, 0.717) is 0 Å². The van der Waals surface area contributed by atoms with Crippen molar-refractivity contribution in [1.29, 1.82) is 0 Å². The highest BCUT2D eigenvalue weighted by molar-refractivity contribution is 7.79. The van der Waals surface area contributed by atoms with E-state index in [1.54, 1.807) is 6.26 Å². The summed E-state index contributed by atoms with van der Waals surface area (Å²) in [6.45, 7) is 0. The van der Waals surface area contributed by atoms with Gasteiger partial charge in [-0.25, -0.2) is 0 Å². The fourth-order valence-electron chi connectivity index (χ4n) is 0. The molecule has 0 aliphatic rings. The first-order valence-corrected chi connectivity index (χ1v) is 3.46. The minimum Gasteiger partial charge on any atom is -0.183 e. The predicted molar refractivity (Wildman–Crippen MR) is 26.5 cm³/mol. The van der Waals surface area contributed by atoms with Crippen LogP contribution in [0.3, 0.4) is 0 Å². The van der Waals surface area contributed by atoms with Crippen LogP contribution in [0, 0.1) is 0 Å². The fraction of sp³-hybridized carbons (Fsp3) is 1.00. The van der Waals surface area contributed by atoms with Crippen LogP contribution in [0.25, 0.3) is 0 Å². The molecule has 0 unspecified atom stereocenters. The number of hydrogen-bond acceptors (Lipinski definition) is 1. The first-order valence-electron chi connectivity index (χ1n) is 1.15. The molecule has 0 aliphatic carbocycles.